The predicted octanol–water partition coefficient (Wildman–Crippen LogP) is 3.01. The third-order valence-corrected chi connectivity index (χ3v) is 2.36. The first-order valence-electron chi connectivity index (χ1n) is 6.29. The Labute approximate surface area is 117 Å². The molecule has 0 amide bonds. The molecule has 0 aliphatic heterocycles. The van der Waals surface area contributed by atoms with Crippen molar-refractivity contribution < 1.29 is 19.2 Å². The number of hydrogen-bond donors (Lipinski definition) is 0. The number of para-hydroxylation sites is 1. The first-order chi connectivity index (χ1) is 9.20. The first-order valence-corrected chi connectivity index (χ1v) is 6.29. The summed E-state index contributed by atoms with van der Waals surface area (Å²) in [6, 6.07) is 4.68. The van der Waals surface area contributed by atoms with E-state index in [2.05, 4.69) is 0 Å². The van der Waals surface area contributed by atoms with Crippen LogP contribution in [0.25, 0.3) is 0 Å². The van der Waals surface area contributed by atoms with Gasteiger partial charge in [-0.3, -0.25) is 14.9 Å². The SMILES string of the molecule is Cc1cccc([N+](=O)[O-])c1OCCC(=O)OC(C)(C)C. The van der Waals surface area contributed by atoms with Crippen molar-refractivity contribution in [3.63, 3.8) is 0 Å². The van der Waals surface area contributed by atoms with E-state index in [4.69, 9.17) is 9.47 Å². The molecule has 1 aromatic rings. The summed E-state index contributed by atoms with van der Waals surface area (Å²) in [7, 11) is 0. The predicted molar refractivity (Wildman–Crippen MR) is 73.8 cm³/mol. The van der Waals surface area contributed by atoms with Crippen LogP contribution in [0.3, 0.4) is 0 Å². The van der Waals surface area contributed by atoms with Crippen molar-refractivity contribution in [2.75, 3.05) is 6.61 Å². The number of hydrogen-bond acceptors (Lipinski definition) is 5. The lowest BCUT2D eigenvalue weighted by atomic mass is 10.2. The highest BCUT2D eigenvalue weighted by atomic mass is 16.6. The molecule has 0 spiro atoms. The molecular formula is C14H19NO5. The highest BCUT2D eigenvalue weighted by Gasteiger charge is 2.19. The van der Waals surface area contributed by atoms with Crippen molar-refractivity contribution in [2.45, 2.75) is 39.7 Å². The fourth-order valence-corrected chi connectivity index (χ4v) is 1.60. The van der Waals surface area contributed by atoms with Crippen LogP contribution in [0.4, 0.5) is 5.69 Å². The third-order valence-electron chi connectivity index (χ3n) is 2.36. The number of carbonyl (C=O) groups excluding carboxylic acids is 1. The number of ether oxygens (including phenoxy) is 2. The van der Waals surface area contributed by atoms with Gasteiger partial charge in [-0.05, 0) is 33.3 Å². The highest BCUT2D eigenvalue weighted by molar-refractivity contribution is 5.70. The molecule has 20 heavy (non-hydrogen) atoms. The molecule has 0 bridgehead atoms. The zero-order valence-electron chi connectivity index (χ0n) is 12.1. The molecule has 0 radical (unpaired) electrons. The van der Waals surface area contributed by atoms with Gasteiger partial charge in [0.15, 0.2) is 5.75 Å². The summed E-state index contributed by atoms with van der Waals surface area (Å²) in [5.74, 6) is -0.199. The average Bonchev–Trinajstić information content (AvgIpc) is 2.28. The molecule has 0 atom stereocenters. The summed E-state index contributed by atoms with van der Waals surface area (Å²) in [4.78, 5) is 21.9. The quantitative estimate of drug-likeness (QED) is 0.471. The second-order valence-electron chi connectivity index (χ2n) is 5.37. The molecule has 6 nitrogen and oxygen atoms in total. The second-order valence-corrected chi connectivity index (χ2v) is 5.37. The van der Waals surface area contributed by atoms with Crippen LogP contribution < -0.4 is 4.74 Å². The minimum absolute atomic E-state index is 0.0423. The van der Waals surface area contributed by atoms with Gasteiger partial charge in [-0.2, -0.15) is 0 Å². The minimum Gasteiger partial charge on any atom is -0.486 e. The third kappa shape index (κ3) is 4.87. The Morgan fingerprint density at radius 1 is 1.35 bits per heavy atom. The maximum Gasteiger partial charge on any atom is 0.311 e. The zero-order chi connectivity index (χ0) is 15.3. The van der Waals surface area contributed by atoms with E-state index in [1.54, 1.807) is 39.8 Å². The summed E-state index contributed by atoms with van der Waals surface area (Å²) in [5, 5.41) is 10.9. The molecule has 110 valence electrons. The smallest absolute Gasteiger partial charge is 0.311 e. The van der Waals surface area contributed by atoms with Crippen molar-refractivity contribution in [2.24, 2.45) is 0 Å². The van der Waals surface area contributed by atoms with Gasteiger partial charge in [-0.15, -0.1) is 0 Å². The number of aryl methyl sites for hydroxylation is 1. The van der Waals surface area contributed by atoms with E-state index in [-0.39, 0.29) is 24.5 Å². The first kappa shape index (κ1) is 15.9. The van der Waals surface area contributed by atoms with Gasteiger partial charge < -0.3 is 9.47 Å². The molecule has 0 heterocycles. The van der Waals surface area contributed by atoms with E-state index >= 15 is 0 Å². The lowest BCUT2D eigenvalue weighted by molar-refractivity contribution is -0.385. The molecule has 1 rings (SSSR count). The Morgan fingerprint density at radius 3 is 2.55 bits per heavy atom. The van der Waals surface area contributed by atoms with Gasteiger partial charge in [-0.25, -0.2) is 0 Å². The van der Waals surface area contributed by atoms with Crippen LogP contribution in [0, 0.1) is 17.0 Å². The van der Waals surface area contributed by atoms with Crippen LogP contribution in [0.1, 0.15) is 32.8 Å². The van der Waals surface area contributed by atoms with Crippen LogP contribution >= 0.6 is 0 Å². The van der Waals surface area contributed by atoms with Crippen molar-refractivity contribution in [1.82, 2.24) is 0 Å². The van der Waals surface area contributed by atoms with E-state index < -0.39 is 16.5 Å². The molecule has 0 fully saturated rings. The van der Waals surface area contributed by atoms with E-state index in [9.17, 15) is 14.9 Å². The number of carbonyl (C=O) groups is 1. The van der Waals surface area contributed by atoms with Gasteiger partial charge in [-0.1, -0.05) is 12.1 Å². The molecule has 0 N–H and O–H groups in total. The van der Waals surface area contributed by atoms with Crippen molar-refractivity contribution in [3.8, 4) is 5.75 Å². The maximum atomic E-state index is 11.5. The number of rotatable bonds is 5. The van der Waals surface area contributed by atoms with Crippen LogP contribution in [-0.2, 0) is 9.53 Å². The lowest BCUT2D eigenvalue weighted by Gasteiger charge is -2.19. The van der Waals surface area contributed by atoms with E-state index in [1.165, 1.54) is 6.07 Å². The Hall–Kier alpha value is -2.11. The average molecular weight is 281 g/mol. The van der Waals surface area contributed by atoms with Crippen LogP contribution in [0.5, 0.6) is 5.75 Å². The highest BCUT2D eigenvalue weighted by Crippen LogP contribution is 2.30. The number of nitrogens with zero attached hydrogens (tertiary/aromatic N) is 1. The number of esters is 1. The van der Waals surface area contributed by atoms with Gasteiger partial charge in [0.05, 0.1) is 18.0 Å². The molecule has 6 heteroatoms. The fraction of sp³-hybridized carbons (Fsp3) is 0.500. The Bertz CT molecular complexity index is 505. The van der Waals surface area contributed by atoms with Crippen molar-refractivity contribution in [3.05, 3.63) is 33.9 Å². The van der Waals surface area contributed by atoms with E-state index in [0.29, 0.717) is 5.56 Å². The zero-order valence-corrected chi connectivity index (χ0v) is 12.1. The number of benzene rings is 1. The second kappa shape index (κ2) is 6.36. The van der Waals surface area contributed by atoms with E-state index in [0.717, 1.165) is 0 Å². The molecule has 0 saturated carbocycles. The molecule has 0 aliphatic carbocycles. The van der Waals surface area contributed by atoms with Crippen molar-refractivity contribution in [1.29, 1.82) is 0 Å². The molecule has 0 saturated heterocycles. The Morgan fingerprint density at radius 2 is 2.00 bits per heavy atom. The standard InChI is InChI=1S/C14H19NO5/c1-10-6-5-7-11(15(17)18)13(10)19-9-8-12(16)20-14(2,3)4/h5-7H,8-9H2,1-4H3. The summed E-state index contributed by atoms with van der Waals surface area (Å²) < 4.78 is 10.5. The maximum absolute atomic E-state index is 11.5. The van der Waals surface area contributed by atoms with Crippen LogP contribution in [0.2, 0.25) is 0 Å². The Balaban J connectivity index is 2.63. The summed E-state index contributed by atoms with van der Waals surface area (Å²) in [6.45, 7) is 7.09. The largest absolute Gasteiger partial charge is 0.486 e. The summed E-state index contributed by atoms with van der Waals surface area (Å²) in [5.41, 5.74) is 0.00345. The molecule has 0 aromatic heterocycles. The lowest BCUT2D eigenvalue weighted by Crippen LogP contribution is -2.24. The summed E-state index contributed by atoms with van der Waals surface area (Å²) >= 11 is 0. The normalized spacial score (nSPS) is 11.0. The summed E-state index contributed by atoms with van der Waals surface area (Å²) in [6.07, 6.45) is 0.0444. The molecule has 0 unspecified atom stereocenters. The number of nitro groups is 1. The molecule has 1 aromatic carbocycles. The Kier molecular flexibility index (Phi) is 5.07. The van der Waals surface area contributed by atoms with Gasteiger partial charge in [0.2, 0.25) is 0 Å². The molecular weight excluding hydrogens is 262 g/mol. The molecule has 0 aliphatic rings. The van der Waals surface area contributed by atoms with Gasteiger partial charge in [0.1, 0.15) is 5.60 Å². The monoisotopic (exact) mass is 281 g/mol. The fourth-order valence-electron chi connectivity index (χ4n) is 1.60. The minimum atomic E-state index is -0.550. The van der Waals surface area contributed by atoms with Gasteiger partial charge in [0.25, 0.3) is 0 Å². The number of nitro benzene ring substituents is 1. The van der Waals surface area contributed by atoms with Crippen LogP contribution in [0.15, 0.2) is 18.2 Å². The van der Waals surface area contributed by atoms with Crippen molar-refractivity contribution >= 4 is 11.7 Å². The van der Waals surface area contributed by atoms with Crippen LogP contribution in [-0.4, -0.2) is 23.1 Å². The topological polar surface area (TPSA) is 78.7 Å². The van der Waals surface area contributed by atoms with Gasteiger partial charge >= 0.3 is 11.7 Å². The van der Waals surface area contributed by atoms with E-state index in [1.807, 2.05) is 0 Å². The van der Waals surface area contributed by atoms with Gasteiger partial charge in [0, 0.05) is 6.07 Å².